The van der Waals surface area contributed by atoms with E-state index in [1.54, 1.807) is 0 Å². The van der Waals surface area contributed by atoms with Gasteiger partial charge in [-0.1, -0.05) is 0 Å². The number of amides is 1. The van der Waals surface area contributed by atoms with Gasteiger partial charge in [-0.2, -0.15) is 0 Å². The number of nitrogens with zero attached hydrogens (tertiary/aromatic N) is 2. The van der Waals surface area contributed by atoms with Gasteiger partial charge in [0.2, 0.25) is 0 Å². The van der Waals surface area contributed by atoms with E-state index in [0.717, 1.165) is 52.1 Å². The summed E-state index contributed by atoms with van der Waals surface area (Å²) in [7, 11) is 0. The van der Waals surface area contributed by atoms with Gasteiger partial charge in [0, 0.05) is 45.7 Å². The lowest BCUT2D eigenvalue weighted by Gasteiger charge is -2.34. The molecule has 1 aliphatic rings. The molecule has 0 bridgehead atoms. The number of carbonyl (C=O) groups is 2. The van der Waals surface area contributed by atoms with E-state index in [-0.39, 0.29) is 12.5 Å². The number of nitrogens with one attached hydrogen (secondary N) is 1. The number of unbranched alkanes of at least 4 members (excludes halogenated alkanes) is 1. The van der Waals surface area contributed by atoms with Crippen molar-refractivity contribution in [3.63, 3.8) is 0 Å². The molecular formula is C16H31N3O4. The molecule has 0 radical (unpaired) electrons. The van der Waals surface area contributed by atoms with E-state index in [2.05, 4.69) is 15.1 Å². The average molecular weight is 329 g/mol. The lowest BCUT2D eigenvalue weighted by atomic mass is 10.2. The minimum Gasteiger partial charge on any atom is -0.481 e. The Labute approximate surface area is 139 Å². The molecule has 1 amide bonds. The highest BCUT2D eigenvalue weighted by molar-refractivity contribution is 5.67. The van der Waals surface area contributed by atoms with Crippen LogP contribution in [-0.2, 0) is 9.53 Å². The van der Waals surface area contributed by atoms with E-state index in [0.29, 0.717) is 6.54 Å². The second kappa shape index (κ2) is 9.72. The van der Waals surface area contributed by atoms with Crippen LogP contribution >= 0.6 is 0 Å². The first-order valence-electron chi connectivity index (χ1n) is 8.39. The Bertz CT molecular complexity index is 374. The summed E-state index contributed by atoms with van der Waals surface area (Å²) >= 11 is 0. The third-order valence-corrected chi connectivity index (χ3v) is 3.68. The van der Waals surface area contributed by atoms with Gasteiger partial charge in [0.05, 0.1) is 0 Å². The fourth-order valence-corrected chi connectivity index (χ4v) is 2.48. The third-order valence-electron chi connectivity index (χ3n) is 3.68. The van der Waals surface area contributed by atoms with E-state index >= 15 is 0 Å². The predicted octanol–water partition coefficient (Wildman–Crippen LogP) is 1.38. The quantitative estimate of drug-likeness (QED) is 0.655. The Balaban J connectivity index is 2.05. The number of carboxylic acids is 1. The molecule has 0 unspecified atom stereocenters. The summed E-state index contributed by atoms with van der Waals surface area (Å²) < 4.78 is 5.20. The van der Waals surface area contributed by atoms with Crippen LogP contribution in [0, 0.1) is 0 Å². The number of alkyl carbamates (subject to hydrolysis) is 1. The first-order valence-corrected chi connectivity index (χ1v) is 8.39. The highest BCUT2D eigenvalue weighted by Gasteiger charge is 2.18. The van der Waals surface area contributed by atoms with E-state index in [4.69, 9.17) is 9.84 Å². The van der Waals surface area contributed by atoms with Crippen molar-refractivity contribution >= 4 is 12.1 Å². The van der Waals surface area contributed by atoms with Gasteiger partial charge in [-0.15, -0.1) is 0 Å². The molecule has 0 atom stereocenters. The maximum absolute atomic E-state index is 11.5. The molecule has 0 aromatic rings. The monoisotopic (exact) mass is 329 g/mol. The standard InChI is InChI=1S/C16H31N3O4/c1-16(2,3)23-15(22)17-7-9-19-12-10-18(11-13-19)8-5-4-6-14(20)21/h4-13H2,1-3H3,(H,17,22)(H,20,21). The lowest BCUT2D eigenvalue weighted by molar-refractivity contribution is -0.137. The molecule has 2 N–H and O–H groups in total. The molecule has 0 saturated carbocycles. The Morgan fingerprint density at radius 2 is 1.61 bits per heavy atom. The number of carbonyl (C=O) groups excluding carboxylic acids is 1. The summed E-state index contributed by atoms with van der Waals surface area (Å²) in [5.41, 5.74) is -0.462. The Kier molecular flexibility index (Phi) is 8.33. The Hall–Kier alpha value is -1.34. The van der Waals surface area contributed by atoms with Crippen molar-refractivity contribution in [2.45, 2.75) is 45.6 Å². The zero-order chi connectivity index (χ0) is 17.3. The average Bonchev–Trinajstić information content (AvgIpc) is 2.43. The third kappa shape index (κ3) is 10.1. The Morgan fingerprint density at radius 3 is 2.13 bits per heavy atom. The summed E-state index contributed by atoms with van der Waals surface area (Å²) in [4.78, 5) is 26.7. The van der Waals surface area contributed by atoms with Gasteiger partial charge < -0.3 is 20.1 Å². The number of carboxylic acid groups (broad SMARTS) is 1. The van der Waals surface area contributed by atoms with Crippen LogP contribution < -0.4 is 5.32 Å². The lowest BCUT2D eigenvalue weighted by Crippen LogP contribution is -2.48. The molecule has 134 valence electrons. The largest absolute Gasteiger partial charge is 0.481 e. The second-order valence-electron chi connectivity index (χ2n) is 6.96. The van der Waals surface area contributed by atoms with Gasteiger partial charge in [-0.3, -0.25) is 9.69 Å². The van der Waals surface area contributed by atoms with Gasteiger partial charge in [-0.25, -0.2) is 4.79 Å². The molecule has 1 fully saturated rings. The maximum atomic E-state index is 11.5. The summed E-state index contributed by atoms with van der Waals surface area (Å²) in [5.74, 6) is -0.715. The molecule has 7 nitrogen and oxygen atoms in total. The van der Waals surface area contributed by atoms with Crippen molar-refractivity contribution in [2.24, 2.45) is 0 Å². The van der Waals surface area contributed by atoms with Crippen LogP contribution in [-0.4, -0.2) is 78.4 Å². The van der Waals surface area contributed by atoms with Crippen LogP contribution in [0.5, 0.6) is 0 Å². The first kappa shape index (κ1) is 19.7. The van der Waals surface area contributed by atoms with Crippen molar-refractivity contribution in [2.75, 3.05) is 45.8 Å². The minimum atomic E-state index is -0.715. The van der Waals surface area contributed by atoms with Gasteiger partial charge in [0.25, 0.3) is 0 Å². The van der Waals surface area contributed by atoms with Gasteiger partial charge in [0.1, 0.15) is 5.60 Å². The van der Waals surface area contributed by atoms with Gasteiger partial charge >= 0.3 is 12.1 Å². The number of ether oxygens (including phenoxy) is 1. The maximum Gasteiger partial charge on any atom is 0.407 e. The normalized spacial score (nSPS) is 17.0. The van der Waals surface area contributed by atoms with E-state index in [9.17, 15) is 9.59 Å². The number of piperazine rings is 1. The van der Waals surface area contributed by atoms with E-state index in [1.807, 2.05) is 20.8 Å². The van der Waals surface area contributed by atoms with E-state index in [1.165, 1.54) is 0 Å². The Morgan fingerprint density at radius 1 is 1.04 bits per heavy atom. The molecule has 1 rings (SSSR count). The molecule has 0 spiro atoms. The van der Waals surface area contributed by atoms with Crippen LogP contribution in [0.3, 0.4) is 0 Å². The van der Waals surface area contributed by atoms with Gasteiger partial charge in [0.15, 0.2) is 0 Å². The van der Waals surface area contributed by atoms with Crippen molar-refractivity contribution < 1.29 is 19.4 Å². The van der Waals surface area contributed by atoms with Crippen molar-refractivity contribution in [1.82, 2.24) is 15.1 Å². The number of hydrogen-bond donors (Lipinski definition) is 2. The van der Waals surface area contributed by atoms with Crippen LogP contribution in [0.2, 0.25) is 0 Å². The summed E-state index contributed by atoms with van der Waals surface area (Å²) in [6.45, 7) is 11.9. The zero-order valence-electron chi connectivity index (χ0n) is 14.6. The number of aliphatic carboxylic acids is 1. The molecular weight excluding hydrogens is 298 g/mol. The molecule has 0 aromatic carbocycles. The first-order chi connectivity index (χ1) is 10.8. The summed E-state index contributed by atoms with van der Waals surface area (Å²) in [6.07, 6.45) is 1.58. The molecule has 1 saturated heterocycles. The fraction of sp³-hybridized carbons (Fsp3) is 0.875. The molecule has 1 aliphatic heterocycles. The molecule has 7 heteroatoms. The molecule has 0 aromatic heterocycles. The molecule has 0 aliphatic carbocycles. The van der Waals surface area contributed by atoms with Crippen LogP contribution in [0.1, 0.15) is 40.0 Å². The second-order valence-corrected chi connectivity index (χ2v) is 6.96. The number of rotatable bonds is 8. The SMILES string of the molecule is CC(C)(C)OC(=O)NCCN1CCN(CCCCC(=O)O)CC1. The number of hydrogen-bond acceptors (Lipinski definition) is 5. The van der Waals surface area contributed by atoms with Crippen molar-refractivity contribution in [3.05, 3.63) is 0 Å². The highest BCUT2D eigenvalue weighted by atomic mass is 16.6. The van der Waals surface area contributed by atoms with Crippen molar-refractivity contribution in [1.29, 1.82) is 0 Å². The predicted molar refractivity (Wildman–Crippen MR) is 88.6 cm³/mol. The highest BCUT2D eigenvalue weighted by Crippen LogP contribution is 2.07. The van der Waals surface area contributed by atoms with Crippen molar-refractivity contribution in [3.8, 4) is 0 Å². The zero-order valence-corrected chi connectivity index (χ0v) is 14.6. The topological polar surface area (TPSA) is 82.1 Å². The van der Waals surface area contributed by atoms with Crippen LogP contribution in [0.15, 0.2) is 0 Å². The molecule has 1 heterocycles. The summed E-state index contributed by atoms with van der Waals surface area (Å²) in [5, 5.41) is 11.4. The molecule has 23 heavy (non-hydrogen) atoms. The van der Waals surface area contributed by atoms with Gasteiger partial charge in [-0.05, 0) is 40.2 Å². The smallest absolute Gasteiger partial charge is 0.407 e. The van der Waals surface area contributed by atoms with Crippen LogP contribution in [0.4, 0.5) is 4.79 Å². The minimum absolute atomic E-state index is 0.260. The summed E-state index contributed by atoms with van der Waals surface area (Å²) in [6, 6.07) is 0. The fourth-order valence-electron chi connectivity index (χ4n) is 2.48. The van der Waals surface area contributed by atoms with E-state index < -0.39 is 11.6 Å². The van der Waals surface area contributed by atoms with Crippen LogP contribution in [0.25, 0.3) is 0 Å².